The van der Waals surface area contributed by atoms with E-state index in [9.17, 15) is 0 Å². The van der Waals surface area contributed by atoms with E-state index in [4.69, 9.17) is 4.74 Å². The van der Waals surface area contributed by atoms with E-state index >= 15 is 0 Å². The first-order valence-corrected chi connectivity index (χ1v) is 4.76. The first kappa shape index (κ1) is 10.2. The number of ether oxygens (including phenoxy) is 1. The van der Waals surface area contributed by atoms with Crippen molar-refractivity contribution in [3.63, 3.8) is 0 Å². The van der Waals surface area contributed by atoms with Crippen LogP contribution in [0.1, 0.15) is 37.6 Å². The van der Waals surface area contributed by atoms with Gasteiger partial charge in [-0.15, -0.1) is 0 Å². The summed E-state index contributed by atoms with van der Waals surface area (Å²) in [4.78, 5) is 4.36. The summed E-state index contributed by atoms with van der Waals surface area (Å²) in [6.07, 6.45) is 4.15. The summed E-state index contributed by atoms with van der Waals surface area (Å²) in [7, 11) is 1.73. The lowest BCUT2D eigenvalue weighted by Gasteiger charge is -2.13. The Morgan fingerprint density at radius 2 is 2.31 bits per heavy atom. The molecule has 0 aromatic carbocycles. The molecule has 0 saturated carbocycles. The minimum atomic E-state index is 0.148. The number of aromatic nitrogens is 1. The molecular formula is C11H17NO. The molecule has 0 bridgehead atoms. The van der Waals surface area contributed by atoms with Crippen LogP contribution in [0.5, 0.6) is 0 Å². The lowest BCUT2D eigenvalue weighted by Crippen LogP contribution is -2.02. The van der Waals surface area contributed by atoms with Crippen LogP contribution in [0.15, 0.2) is 18.3 Å². The molecule has 2 nitrogen and oxygen atoms in total. The number of rotatable bonds is 4. The van der Waals surface area contributed by atoms with Crippen molar-refractivity contribution in [2.75, 3.05) is 7.11 Å². The lowest BCUT2D eigenvalue weighted by molar-refractivity contribution is 0.118. The largest absolute Gasteiger partial charge is 0.377 e. The quantitative estimate of drug-likeness (QED) is 0.709. The average molecular weight is 179 g/mol. The normalized spacial score (nSPS) is 12.8. The van der Waals surface area contributed by atoms with Crippen molar-refractivity contribution in [3.05, 3.63) is 29.6 Å². The SMILES string of the molecule is CCCc1ncccc1C(C)OC. The molecule has 0 spiro atoms. The molecule has 0 radical (unpaired) electrons. The highest BCUT2D eigenvalue weighted by atomic mass is 16.5. The fraction of sp³-hybridized carbons (Fsp3) is 0.545. The highest BCUT2D eigenvalue weighted by molar-refractivity contribution is 5.22. The summed E-state index contributed by atoms with van der Waals surface area (Å²) in [6.45, 7) is 4.21. The van der Waals surface area contributed by atoms with Crippen molar-refractivity contribution < 1.29 is 4.74 Å². The number of hydrogen-bond donors (Lipinski definition) is 0. The third kappa shape index (κ3) is 2.52. The van der Waals surface area contributed by atoms with Gasteiger partial charge in [0.2, 0.25) is 0 Å². The molecule has 1 atom stereocenters. The summed E-state index contributed by atoms with van der Waals surface area (Å²) >= 11 is 0. The van der Waals surface area contributed by atoms with Crippen molar-refractivity contribution in [3.8, 4) is 0 Å². The summed E-state index contributed by atoms with van der Waals surface area (Å²) in [5.74, 6) is 0. The molecule has 0 fully saturated rings. The van der Waals surface area contributed by atoms with Crippen molar-refractivity contribution in [1.29, 1.82) is 0 Å². The third-order valence-corrected chi connectivity index (χ3v) is 2.20. The van der Waals surface area contributed by atoms with Gasteiger partial charge in [-0.2, -0.15) is 0 Å². The summed E-state index contributed by atoms with van der Waals surface area (Å²) in [5, 5.41) is 0. The van der Waals surface area contributed by atoms with Crippen molar-refractivity contribution >= 4 is 0 Å². The van der Waals surface area contributed by atoms with Gasteiger partial charge >= 0.3 is 0 Å². The minimum absolute atomic E-state index is 0.148. The first-order chi connectivity index (χ1) is 6.29. The fourth-order valence-corrected chi connectivity index (χ4v) is 1.39. The predicted octanol–water partition coefficient (Wildman–Crippen LogP) is 2.74. The Morgan fingerprint density at radius 3 is 2.92 bits per heavy atom. The molecule has 0 aliphatic rings. The van der Waals surface area contributed by atoms with E-state index in [2.05, 4.69) is 24.9 Å². The second-order valence-electron chi connectivity index (χ2n) is 3.17. The van der Waals surface area contributed by atoms with Crippen LogP contribution in [0.3, 0.4) is 0 Å². The Kier molecular flexibility index (Phi) is 3.90. The number of methoxy groups -OCH3 is 1. The molecule has 72 valence electrons. The van der Waals surface area contributed by atoms with Gasteiger partial charge in [0, 0.05) is 24.6 Å². The fourth-order valence-electron chi connectivity index (χ4n) is 1.39. The zero-order valence-electron chi connectivity index (χ0n) is 8.58. The average Bonchev–Trinajstić information content (AvgIpc) is 2.18. The van der Waals surface area contributed by atoms with Crippen molar-refractivity contribution in [1.82, 2.24) is 4.98 Å². The number of aryl methyl sites for hydroxylation is 1. The molecule has 1 unspecified atom stereocenters. The van der Waals surface area contributed by atoms with Crippen LogP contribution in [0.4, 0.5) is 0 Å². The third-order valence-electron chi connectivity index (χ3n) is 2.20. The van der Waals surface area contributed by atoms with Crippen LogP contribution >= 0.6 is 0 Å². The first-order valence-electron chi connectivity index (χ1n) is 4.76. The number of nitrogens with zero attached hydrogens (tertiary/aromatic N) is 1. The zero-order valence-corrected chi connectivity index (χ0v) is 8.58. The topological polar surface area (TPSA) is 22.1 Å². The van der Waals surface area contributed by atoms with Gasteiger partial charge in [0.25, 0.3) is 0 Å². The number of hydrogen-bond acceptors (Lipinski definition) is 2. The van der Waals surface area contributed by atoms with Crippen LogP contribution < -0.4 is 0 Å². The molecule has 13 heavy (non-hydrogen) atoms. The molecule has 2 heteroatoms. The molecule has 0 saturated heterocycles. The second-order valence-corrected chi connectivity index (χ2v) is 3.17. The van der Waals surface area contributed by atoms with Gasteiger partial charge in [0.15, 0.2) is 0 Å². The van der Waals surface area contributed by atoms with Gasteiger partial charge in [0.05, 0.1) is 6.10 Å². The second kappa shape index (κ2) is 4.97. The van der Waals surface area contributed by atoms with E-state index in [1.807, 2.05) is 12.3 Å². The van der Waals surface area contributed by atoms with Crippen LogP contribution in [0.25, 0.3) is 0 Å². The minimum Gasteiger partial charge on any atom is -0.377 e. The molecule has 1 heterocycles. The maximum absolute atomic E-state index is 5.28. The van der Waals surface area contributed by atoms with Gasteiger partial charge < -0.3 is 4.74 Å². The van der Waals surface area contributed by atoms with Crippen molar-refractivity contribution in [2.24, 2.45) is 0 Å². The zero-order chi connectivity index (χ0) is 9.68. The van der Waals surface area contributed by atoms with E-state index < -0.39 is 0 Å². The van der Waals surface area contributed by atoms with Gasteiger partial charge in [-0.05, 0) is 19.4 Å². The van der Waals surface area contributed by atoms with E-state index in [-0.39, 0.29) is 6.10 Å². The van der Waals surface area contributed by atoms with Crippen LogP contribution in [0, 0.1) is 0 Å². The molecule has 0 N–H and O–H groups in total. The molecule has 0 aliphatic carbocycles. The van der Waals surface area contributed by atoms with Crippen LogP contribution in [-0.2, 0) is 11.2 Å². The monoisotopic (exact) mass is 179 g/mol. The Balaban J connectivity index is 2.90. The maximum atomic E-state index is 5.28. The number of pyridine rings is 1. The van der Waals surface area contributed by atoms with Gasteiger partial charge in [-0.3, -0.25) is 4.98 Å². The van der Waals surface area contributed by atoms with E-state index in [0.29, 0.717) is 0 Å². The highest BCUT2D eigenvalue weighted by Crippen LogP contribution is 2.19. The predicted molar refractivity (Wildman–Crippen MR) is 53.7 cm³/mol. The van der Waals surface area contributed by atoms with Crippen LogP contribution in [0.2, 0.25) is 0 Å². The smallest absolute Gasteiger partial charge is 0.0810 e. The molecule has 0 amide bonds. The Labute approximate surface area is 80.0 Å². The highest BCUT2D eigenvalue weighted by Gasteiger charge is 2.08. The van der Waals surface area contributed by atoms with E-state index in [1.54, 1.807) is 7.11 Å². The molecule has 1 aromatic heterocycles. The molecule has 1 rings (SSSR count). The van der Waals surface area contributed by atoms with Gasteiger partial charge in [-0.25, -0.2) is 0 Å². The summed E-state index contributed by atoms with van der Waals surface area (Å²) in [6, 6.07) is 4.05. The lowest BCUT2D eigenvalue weighted by atomic mass is 10.1. The summed E-state index contributed by atoms with van der Waals surface area (Å²) < 4.78 is 5.28. The van der Waals surface area contributed by atoms with Gasteiger partial charge in [0.1, 0.15) is 0 Å². The summed E-state index contributed by atoms with van der Waals surface area (Å²) in [5.41, 5.74) is 2.38. The van der Waals surface area contributed by atoms with Crippen molar-refractivity contribution in [2.45, 2.75) is 32.8 Å². The maximum Gasteiger partial charge on any atom is 0.0810 e. The van der Waals surface area contributed by atoms with E-state index in [0.717, 1.165) is 12.8 Å². The standard InChI is InChI=1S/C11H17NO/c1-4-6-11-10(9(2)13-3)7-5-8-12-11/h5,7-9H,4,6H2,1-3H3. The Morgan fingerprint density at radius 1 is 1.54 bits per heavy atom. The van der Waals surface area contributed by atoms with Crippen LogP contribution in [-0.4, -0.2) is 12.1 Å². The van der Waals surface area contributed by atoms with Gasteiger partial charge in [-0.1, -0.05) is 19.4 Å². The van der Waals surface area contributed by atoms with E-state index in [1.165, 1.54) is 11.3 Å². The molecule has 1 aromatic rings. The Bertz CT molecular complexity index is 260. The molecule has 0 aliphatic heterocycles. The Hall–Kier alpha value is -0.890. The molecular weight excluding hydrogens is 162 g/mol.